The Labute approximate surface area is 568 Å². The van der Waals surface area contributed by atoms with E-state index >= 15 is 0 Å². The summed E-state index contributed by atoms with van der Waals surface area (Å²) in [6.07, 6.45) is 11.3. The minimum Gasteiger partial charge on any atom is -0.493 e. The first-order valence-electron chi connectivity index (χ1n) is 34.2. The average molecular weight is 1320 g/mol. The molecule has 21 nitrogen and oxygen atoms in total. The Morgan fingerprint density at radius 2 is 0.990 bits per heavy atom. The van der Waals surface area contributed by atoms with Gasteiger partial charge in [-0.05, 0) is 226 Å². The number of hydrogen-bond donors (Lipinski definition) is 6. The van der Waals surface area contributed by atoms with Crippen molar-refractivity contribution in [2.24, 2.45) is 0 Å². The van der Waals surface area contributed by atoms with Gasteiger partial charge in [0.2, 0.25) is 0 Å². The Morgan fingerprint density at radius 1 is 0.531 bits per heavy atom. The summed E-state index contributed by atoms with van der Waals surface area (Å²) in [6.45, 7) is 17.5. The van der Waals surface area contributed by atoms with Gasteiger partial charge in [0.25, 0.3) is 11.8 Å². The SMILES string of the molecule is CCC(CC)NC(=O)Nc1ccc(Oc2ccc(N(CCN(C)C)C(=O)c3ccc(OC4CCN(C)CC4)cc3)cc2)c(OC)c1.CCC(CC)NC(=O)Nc1ccc(Oc2ccc(NC(=O)c3ccc(OC4CCN(CCCNC5CCOCC5)CC4)cc3)cc2)c(OC)c1. The van der Waals surface area contributed by atoms with Gasteiger partial charge in [-0.3, -0.25) is 9.59 Å². The van der Waals surface area contributed by atoms with Crippen LogP contribution in [0.5, 0.6) is 46.0 Å². The number of hydrogen-bond acceptors (Lipinski definition) is 15. The summed E-state index contributed by atoms with van der Waals surface area (Å²) in [4.78, 5) is 60.1. The molecule has 0 saturated carbocycles. The number of methoxy groups -OCH3 is 2. The Hall–Kier alpha value is -8.60. The smallest absolute Gasteiger partial charge is 0.319 e. The van der Waals surface area contributed by atoms with Gasteiger partial charge in [-0.15, -0.1) is 0 Å². The quantitative estimate of drug-likeness (QED) is 0.0231. The summed E-state index contributed by atoms with van der Waals surface area (Å²) in [7, 11) is 9.21. The van der Waals surface area contributed by atoms with Crippen LogP contribution in [0, 0.1) is 0 Å². The maximum absolute atomic E-state index is 13.7. The lowest BCUT2D eigenvalue weighted by molar-refractivity contribution is 0.0769. The Morgan fingerprint density at radius 3 is 1.47 bits per heavy atom. The van der Waals surface area contributed by atoms with Crippen LogP contribution in [0.2, 0.25) is 0 Å². The van der Waals surface area contributed by atoms with Crippen molar-refractivity contribution in [2.45, 2.75) is 129 Å². The van der Waals surface area contributed by atoms with E-state index < -0.39 is 0 Å². The second-order valence-electron chi connectivity index (χ2n) is 24.9. The lowest BCUT2D eigenvalue weighted by atomic mass is 10.1. The average Bonchev–Trinajstić information content (AvgIpc) is 1.05. The third-order valence-corrected chi connectivity index (χ3v) is 17.5. The van der Waals surface area contributed by atoms with Gasteiger partial charge in [0, 0.05) is 117 Å². The van der Waals surface area contributed by atoms with Crippen molar-refractivity contribution in [2.75, 3.05) is 122 Å². The van der Waals surface area contributed by atoms with E-state index in [2.05, 4.69) is 53.6 Å². The van der Waals surface area contributed by atoms with Crippen molar-refractivity contribution in [3.63, 3.8) is 0 Å². The minimum absolute atomic E-state index is 0.0839. The predicted molar refractivity (Wildman–Crippen MR) is 381 cm³/mol. The van der Waals surface area contributed by atoms with E-state index in [4.69, 9.17) is 33.2 Å². The van der Waals surface area contributed by atoms with Crippen LogP contribution in [-0.4, -0.2) is 170 Å². The topological polar surface area (TPSA) is 218 Å². The zero-order chi connectivity index (χ0) is 68.2. The molecule has 3 heterocycles. The van der Waals surface area contributed by atoms with E-state index in [1.54, 1.807) is 91.9 Å². The molecule has 0 unspecified atom stereocenters. The number of urea groups is 2. The largest absolute Gasteiger partial charge is 0.493 e. The highest BCUT2D eigenvalue weighted by molar-refractivity contribution is 6.06. The molecule has 6 N–H and O–H groups in total. The number of benzene rings is 6. The first kappa shape index (κ1) is 73.2. The van der Waals surface area contributed by atoms with Crippen LogP contribution in [0.15, 0.2) is 133 Å². The summed E-state index contributed by atoms with van der Waals surface area (Å²) in [5, 5.41) is 18.2. The zero-order valence-corrected chi connectivity index (χ0v) is 57.7. The molecule has 0 spiro atoms. The van der Waals surface area contributed by atoms with Gasteiger partial charge in [0.1, 0.15) is 35.2 Å². The van der Waals surface area contributed by atoms with E-state index in [-0.39, 0.29) is 48.2 Å². The molecule has 6 aromatic carbocycles. The number of nitrogens with one attached hydrogen (secondary N) is 6. The molecule has 0 aromatic heterocycles. The van der Waals surface area contributed by atoms with Crippen molar-refractivity contribution in [3.8, 4) is 46.0 Å². The molecule has 6 amide bonds. The van der Waals surface area contributed by atoms with Crippen LogP contribution in [0.4, 0.5) is 32.3 Å². The molecule has 3 fully saturated rings. The fraction of sp³-hybridized carbons (Fsp3) is 0.467. The van der Waals surface area contributed by atoms with E-state index in [9.17, 15) is 19.2 Å². The molecule has 21 heteroatoms. The maximum Gasteiger partial charge on any atom is 0.319 e. The summed E-state index contributed by atoms with van der Waals surface area (Å²) < 4.78 is 41.1. The molecule has 0 radical (unpaired) electrons. The second kappa shape index (κ2) is 38.2. The molecule has 0 aliphatic carbocycles. The summed E-state index contributed by atoms with van der Waals surface area (Å²) in [6, 6.07) is 40.1. The van der Waals surface area contributed by atoms with Crippen LogP contribution in [0.1, 0.15) is 119 Å². The standard InChI is InChI=1S/C39H53N5O6.C36H49N5O5/c1-4-29(5-2)42-39(46)43-32-11-16-36(37(27-32)47-3)50-34-14-9-31(10-15-34)41-38(45)28-7-12-33(13-8-28)49-35-17-23-44(24-18-35)22-6-21-40-30-19-25-48-26-20-30;1-7-27(8-2)37-36(43)38-28-11-18-33(34(25-28)44-6)46-31-16-12-29(13-17-31)41(24-23-39(3)4)35(42)26-9-14-30(15-10-26)45-32-19-21-40(5)22-20-32/h7-16,27,29-30,35,40H,4-6,17-26H2,1-3H3,(H,41,45)(H2,42,43,46);9-18,25,27,32H,7-8,19-24H2,1-6H3,(H2,37,38,43). The van der Waals surface area contributed by atoms with Crippen molar-refractivity contribution in [3.05, 3.63) is 145 Å². The number of amides is 6. The number of rotatable bonds is 30. The Balaban J connectivity index is 0.000000247. The molecule has 96 heavy (non-hydrogen) atoms. The van der Waals surface area contributed by atoms with Crippen LogP contribution < -0.4 is 65.2 Å². The van der Waals surface area contributed by atoms with Crippen molar-refractivity contribution in [1.82, 2.24) is 30.7 Å². The van der Waals surface area contributed by atoms with Crippen LogP contribution >= 0.6 is 0 Å². The first-order valence-corrected chi connectivity index (χ1v) is 34.2. The van der Waals surface area contributed by atoms with Gasteiger partial charge in [-0.25, -0.2) is 9.59 Å². The number of piperidine rings is 2. The normalized spacial score (nSPS) is 14.8. The number of anilines is 4. The lowest BCUT2D eigenvalue weighted by Crippen LogP contribution is -2.40. The molecule has 3 saturated heterocycles. The zero-order valence-electron chi connectivity index (χ0n) is 57.7. The van der Waals surface area contributed by atoms with Crippen LogP contribution in [-0.2, 0) is 4.74 Å². The fourth-order valence-corrected chi connectivity index (χ4v) is 11.5. The molecule has 0 atom stereocenters. The monoisotopic (exact) mass is 1320 g/mol. The van der Waals surface area contributed by atoms with E-state index in [1.165, 1.54) is 0 Å². The first-order chi connectivity index (χ1) is 46.6. The Bertz CT molecular complexity index is 3330. The van der Waals surface area contributed by atoms with E-state index in [0.29, 0.717) is 81.8 Å². The van der Waals surface area contributed by atoms with Crippen molar-refractivity contribution >= 4 is 46.6 Å². The predicted octanol–water partition coefficient (Wildman–Crippen LogP) is 13.5. The summed E-state index contributed by atoms with van der Waals surface area (Å²) >= 11 is 0. The molecule has 3 aliphatic heterocycles. The summed E-state index contributed by atoms with van der Waals surface area (Å²) in [5.41, 5.74) is 3.75. The number of nitrogens with zero attached hydrogens (tertiary/aromatic N) is 4. The molecular formula is C75H102N10O11. The molecule has 6 aromatic rings. The lowest BCUT2D eigenvalue weighted by Gasteiger charge is -2.32. The highest BCUT2D eigenvalue weighted by Gasteiger charge is 2.24. The third kappa shape index (κ3) is 23.4. The van der Waals surface area contributed by atoms with Gasteiger partial charge in [-0.2, -0.15) is 0 Å². The fourth-order valence-electron chi connectivity index (χ4n) is 11.5. The van der Waals surface area contributed by atoms with Gasteiger partial charge in [0.05, 0.1) is 14.2 Å². The number of carbonyl (C=O) groups excluding carboxylic acids is 4. The number of carbonyl (C=O) groups is 4. The van der Waals surface area contributed by atoms with Gasteiger partial charge in [0.15, 0.2) is 23.0 Å². The summed E-state index contributed by atoms with van der Waals surface area (Å²) in [5.74, 6) is 4.40. The highest BCUT2D eigenvalue weighted by atomic mass is 16.5. The van der Waals surface area contributed by atoms with Gasteiger partial charge >= 0.3 is 12.1 Å². The number of likely N-dealkylation sites (N-methyl/N-ethyl adjacent to an activating group) is 1. The van der Waals surface area contributed by atoms with E-state index in [0.717, 1.165) is 140 Å². The second-order valence-corrected chi connectivity index (χ2v) is 24.9. The van der Waals surface area contributed by atoms with Crippen LogP contribution in [0.3, 0.4) is 0 Å². The molecule has 3 aliphatic rings. The van der Waals surface area contributed by atoms with Crippen molar-refractivity contribution in [1.29, 1.82) is 0 Å². The van der Waals surface area contributed by atoms with Crippen molar-refractivity contribution < 1.29 is 52.3 Å². The number of ether oxygens (including phenoxy) is 7. The number of likely N-dealkylation sites (tertiary alicyclic amines) is 2. The highest BCUT2D eigenvalue weighted by Crippen LogP contribution is 2.37. The third-order valence-electron chi connectivity index (χ3n) is 17.5. The van der Waals surface area contributed by atoms with E-state index in [1.807, 2.05) is 102 Å². The Kier molecular flexibility index (Phi) is 29.1. The minimum atomic E-state index is -0.261. The molecule has 9 rings (SSSR count). The molecule has 0 bridgehead atoms. The maximum atomic E-state index is 13.7. The van der Waals surface area contributed by atoms with Gasteiger partial charge < -0.3 is 84.7 Å². The van der Waals surface area contributed by atoms with Gasteiger partial charge in [-0.1, -0.05) is 27.7 Å². The molecule has 518 valence electrons. The van der Waals surface area contributed by atoms with Crippen LogP contribution in [0.25, 0.3) is 0 Å². The molecular weight excluding hydrogens is 1220 g/mol.